The molecule has 0 unspecified atom stereocenters. The van der Waals surface area contributed by atoms with Crippen LogP contribution in [0.1, 0.15) is 80.9 Å². The first kappa shape index (κ1) is 15.1. The van der Waals surface area contributed by atoms with E-state index in [9.17, 15) is 4.79 Å². The fraction of sp³-hybridized carbons (Fsp3) is 0.750. The van der Waals surface area contributed by atoms with Gasteiger partial charge < -0.3 is 9.15 Å². The molecule has 4 heteroatoms. The largest absolute Gasteiger partial charge is 0.460 e. The molecule has 112 valence electrons. The van der Waals surface area contributed by atoms with Gasteiger partial charge in [0.25, 0.3) is 0 Å². The fourth-order valence-electron chi connectivity index (χ4n) is 2.78. The summed E-state index contributed by atoms with van der Waals surface area (Å²) in [5.74, 6) is 1.49. The highest BCUT2D eigenvalue weighted by Gasteiger charge is 2.27. The van der Waals surface area contributed by atoms with Gasteiger partial charge in [0, 0.05) is 5.92 Å². The summed E-state index contributed by atoms with van der Waals surface area (Å²) in [6.45, 7) is 6.39. The topological polar surface area (TPSA) is 52.3 Å². The van der Waals surface area contributed by atoms with E-state index in [0.717, 1.165) is 30.8 Å². The molecule has 1 aromatic rings. The molecule has 0 spiro atoms. The van der Waals surface area contributed by atoms with Crippen molar-refractivity contribution in [1.29, 1.82) is 0 Å². The molecule has 0 aromatic carbocycles. The van der Waals surface area contributed by atoms with Crippen LogP contribution in [0.5, 0.6) is 0 Å². The van der Waals surface area contributed by atoms with Crippen molar-refractivity contribution in [1.82, 2.24) is 4.98 Å². The SMILES string of the molecule is CCOC(=O)c1oc(C2CCCCC2)nc1CC(C)C. The van der Waals surface area contributed by atoms with Crippen LogP contribution in [-0.2, 0) is 11.2 Å². The van der Waals surface area contributed by atoms with Gasteiger partial charge in [0.1, 0.15) is 0 Å². The van der Waals surface area contributed by atoms with Crippen molar-refractivity contribution in [2.75, 3.05) is 6.61 Å². The summed E-state index contributed by atoms with van der Waals surface area (Å²) in [6, 6.07) is 0. The van der Waals surface area contributed by atoms with Gasteiger partial charge in [-0.2, -0.15) is 0 Å². The summed E-state index contributed by atoms with van der Waals surface area (Å²) < 4.78 is 10.9. The Balaban J connectivity index is 2.23. The number of ether oxygens (including phenoxy) is 1. The van der Waals surface area contributed by atoms with E-state index in [0.29, 0.717) is 24.2 Å². The second kappa shape index (κ2) is 6.91. The molecular formula is C16H25NO3. The van der Waals surface area contributed by atoms with E-state index in [1.54, 1.807) is 6.92 Å². The highest BCUT2D eigenvalue weighted by molar-refractivity contribution is 5.87. The minimum absolute atomic E-state index is 0.320. The highest BCUT2D eigenvalue weighted by atomic mass is 16.5. The maximum absolute atomic E-state index is 12.0. The summed E-state index contributed by atoms with van der Waals surface area (Å²) in [4.78, 5) is 16.6. The van der Waals surface area contributed by atoms with E-state index in [1.807, 2.05) is 0 Å². The van der Waals surface area contributed by atoms with Gasteiger partial charge in [-0.1, -0.05) is 33.1 Å². The van der Waals surface area contributed by atoms with E-state index in [2.05, 4.69) is 18.8 Å². The second-order valence-corrected chi connectivity index (χ2v) is 5.98. The van der Waals surface area contributed by atoms with Crippen molar-refractivity contribution >= 4 is 5.97 Å². The number of hydrogen-bond acceptors (Lipinski definition) is 4. The molecule has 0 amide bonds. The first-order valence-electron chi connectivity index (χ1n) is 7.78. The number of carbonyl (C=O) groups is 1. The quantitative estimate of drug-likeness (QED) is 0.761. The molecule has 1 fully saturated rings. The van der Waals surface area contributed by atoms with Crippen molar-refractivity contribution in [3.8, 4) is 0 Å². The molecule has 0 atom stereocenters. The van der Waals surface area contributed by atoms with Gasteiger partial charge in [0.2, 0.25) is 5.76 Å². The summed E-state index contributed by atoms with van der Waals surface area (Å²) in [6.07, 6.45) is 6.72. The normalized spacial score (nSPS) is 16.6. The number of esters is 1. The van der Waals surface area contributed by atoms with Crippen molar-refractivity contribution in [2.45, 2.75) is 65.2 Å². The molecule has 0 bridgehead atoms. The van der Waals surface area contributed by atoms with Crippen LogP contribution in [0.15, 0.2) is 4.42 Å². The predicted octanol–water partition coefficient (Wildman–Crippen LogP) is 4.10. The Morgan fingerprint density at radius 2 is 2.05 bits per heavy atom. The Kier molecular flexibility index (Phi) is 5.21. The van der Waals surface area contributed by atoms with Gasteiger partial charge in [-0.15, -0.1) is 0 Å². The Bertz CT molecular complexity index is 445. The smallest absolute Gasteiger partial charge is 0.376 e. The van der Waals surface area contributed by atoms with Crippen LogP contribution in [0.25, 0.3) is 0 Å². The maximum Gasteiger partial charge on any atom is 0.376 e. The molecule has 2 rings (SSSR count). The monoisotopic (exact) mass is 279 g/mol. The van der Waals surface area contributed by atoms with Crippen molar-refractivity contribution < 1.29 is 13.9 Å². The zero-order chi connectivity index (χ0) is 14.5. The third kappa shape index (κ3) is 3.62. The number of carbonyl (C=O) groups excluding carboxylic acids is 1. The highest BCUT2D eigenvalue weighted by Crippen LogP contribution is 2.33. The number of hydrogen-bond donors (Lipinski definition) is 0. The zero-order valence-corrected chi connectivity index (χ0v) is 12.8. The summed E-state index contributed by atoms with van der Waals surface area (Å²) in [5, 5.41) is 0. The van der Waals surface area contributed by atoms with E-state index in [4.69, 9.17) is 9.15 Å². The van der Waals surface area contributed by atoms with Gasteiger partial charge in [0.15, 0.2) is 5.89 Å². The van der Waals surface area contributed by atoms with Gasteiger partial charge in [-0.3, -0.25) is 0 Å². The van der Waals surface area contributed by atoms with E-state index < -0.39 is 0 Å². The second-order valence-electron chi connectivity index (χ2n) is 5.98. The zero-order valence-electron chi connectivity index (χ0n) is 12.8. The molecular weight excluding hydrogens is 254 g/mol. The van der Waals surface area contributed by atoms with Crippen molar-refractivity contribution in [2.24, 2.45) is 5.92 Å². The third-order valence-electron chi connectivity index (χ3n) is 3.73. The van der Waals surface area contributed by atoms with Crippen molar-refractivity contribution in [3.63, 3.8) is 0 Å². The molecule has 1 aromatic heterocycles. The maximum atomic E-state index is 12.0. The van der Waals surface area contributed by atoms with Crippen LogP contribution in [0.3, 0.4) is 0 Å². The molecule has 0 saturated heterocycles. The van der Waals surface area contributed by atoms with Crippen LogP contribution in [0, 0.1) is 5.92 Å². The molecule has 0 aliphatic heterocycles. The first-order chi connectivity index (χ1) is 9.61. The van der Waals surface area contributed by atoms with Crippen LogP contribution < -0.4 is 0 Å². The minimum atomic E-state index is -0.377. The Hall–Kier alpha value is -1.32. The fourth-order valence-corrected chi connectivity index (χ4v) is 2.78. The molecule has 1 aliphatic rings. The van der Waals surface area contributed by atoms with Crippen LogP contribution in [0.4, 0.5) is 0 Å². The lowest BCUT2D eigenvalue weighted by Crippen LogP contribution is -2.08. The van der Waals surface area contributed by atoms with E-state index in [-0.39, 0.29) is 5.97 Å². The number of oxazole rings is 1. The predicted molar refractivity (Wildman–Crippen MR) is 76.8 cm³/mol. The molecule has 0 N–H and O–H groups in total. The number of aromatic nitrogens is 1. The Morgan fingerprint density at radius 3 is 2.65 bits per heavy atom. The van der Waals surface area contributed by atoms with Crippen LogP contribution in [-0.4, -0.2) is 17.6 Å². The van der Waals surface area contributed by atoms with Crippen LogP contribution in [0.2, 0.25) is 0 Å². The van der Waals surface area contributed by atoms with Crippen molar-refractivity contribution in [3.05, 3.63) is 17.3 Å². The Labute approximate surface area is 120 Å². The molecule has 4 nitrogen and oxygen atoms in total. The summed E-state index contributed by atoms with van der Waals surface area (Å²) in [5.41, 5.74) is 0.763. The lowest BCUT2D eigenvalue weighted by atomic mass is 9.89. The number of rotatable bonds is 5. The van der Waals surface area contributed by atoms with E-state index >= 15 is 0 Å². The molecule has 0 radical (unpaired) electrons. The van der Waals surface area contributed by atoms with E-state index in [1.165, 1.54) is 19.3 Å². The molecule has 1 aliphatic carbocycles. The molecule has 1 heterocycles. The average Bonchev–Trinajstić information content (AvgIpc) is 2.83. The van der Waals surface area contributed by atoms with Gasteiger partial charge >= 0.3 is 5.97 Å². The third-order valence-corrected chi connectivity index (χ3v) is 3.73. The first-order valence-corrected chi connectivity index (χ1v) is 7.78. The molecule has 1 saturated carbocycles. The number of nitrogens with zero attached hydrogens (tertiary/aromatic N) is 1. The van der Waals surface area contributed by atoms with Gasteiger partial charge in [-0.05, 0) is 32.1 Å². The molecule has 20 heavy (non-hydrogen) atoms. The van der Waals surface area contributed by atoms with Gasteiger partial charge in [0.05, 0.1) is 12.3 Å². The minimum Gasteiger partial charge on any atom is -0.460 e. The average molecular weight is 279 g/mol. The summed E-state index contributed by atoms with van der Waals surface area (Å²) in [7, 11) is 0. The standard InChI is InChI=1S/C16H25NO3/c1-4-19-16(18)14-13(10-11(2)3)17-15(20-14)12-8-6-5-7-9-12/h11-12H,4-10H2,1-3H3. The van der Waals surface area contributed by atoms with Crippen LogP contribution >= 0.6 is 0 Å². The summed E-state index contributed by atoms with van der Waals surface area (Å²) >= 11 is 0. The Morgan fingerprint density at radius 1 is 1.35 bits per heavy atom. The lowest BCUT2D eigenvalue weighted by molar-refractivity contribution is 0.0485. The van der Waals surface area contributed by atoms with Gasteiger partial charge in [-0.25, -0.2) is 9.78 Å². The lowest BCUT2D eigenvalue weighted by Gasteiger charge is -2.17.